The van der Waals surface area contributed by atoms with Crippen LogP contribution in [0.25, 0.3) is 11.1 Å². The molecule has 1 heterocycles. The summed E-state index contributed by atoms with van der Waals surface area (Å²) in [5.41, 5.74) is 3.39. The minimum absolute atomic E-state index is 0.0460. The van der Waals surface area contributed by atoms with Gasteiger partial charge in [0.05, 0.1) is 12.1 Å². The molecule has 2 atom stereocenters. The molecule has 0 aliphatic heterocycles. The summed E-state index contributed by atoms with van der Waals surface area (Å²) in [6.07, 6.45) is 1.22. The van der Waals surface area contributed by atoms with Crippen molar-refractivity contribution in [2.24, 2.45) is 5.41 Å². The molecule has 1 aromatic heterocycles. The lowest BCUT2D eigenvalue weighted by molar-refractivity contribution is -0.120. The first-order valence-electron chi connectivity index (χ1n) is 12.2. The number of pyridine rings is 1. The average molecular weight is 514 g/mol. The van der Waals surface area contributed by atoms with Crippen molar-refractivity contribution in [3.05, 3.63) is 89.0 Å². The molecule has 5 nitrogen and oxygen atoms in total. The highest BCUT2D eigenvalue weighted by Crippen LogP contribution is 2.29. The summed E-state index contributed by atoms with van der Waals surface area (Å²) in [4.78, 5) is 15.5. The molecule has 0 saturated carbocycles. The van der Waals surface area contributed by atoms with Crippen LogP contribution in [0.15, 0.2) is 54.7 Å². The molecule has 0 radical (unpaired) electrons. The number of nitrogens with zero attached hydrogens (tertiary/aromatic N) is 1. The quantitative estimate of drug-likeness (QED) is 0.336. The molecule has 37 heavy (non-hydrogen) atoms. The molecule has 0 aliphatic carbocycles. The fourth-order valence-corrected chi connectivity index (χ4v) is 4.39. The first kappa shape index (κ1) is 28.3. The first-order chi connectivity index (χ1) is 17.4. The van der Waals surface area contributed by atoms with Gasteiger partial charge in [-0.05, 0) is 64.8 Å². The summed E-state index contributed by atoms with van der Waals surface area (Å²) in [6.45, 7) is 8.14. The molecule has 0 fully saturated rings. The van der Waals surface area contributed by atoms with Gasteiger partial charge in [-0.2, -0.15) is 4.39 Å². The topological polar surface area (TPSA) is 74.2 Å². The Morgan fingerprint density at radius 1 is 1.00 bits per heavy atom. The largest absolute Gasteiger partial charge is 0.390 e. The summed E-state index contributed by atoms with van der Waals surface area (Å²) in [7, 11) is 0. The second kappa shape index (κ2) is 12.3. The second-order valence-electron chi connectivity index (χ2n) is 10.6. The van der Waals surface area contributed by atoms with Gasteiger partial charge < -0.3 is 15.7 Å². The van der Waals surface area contributed by atoms with E-state index in [0.29, 0.717) is 23.2 Å². The van der Waals surface area contributed by atoms with Crippen molar-refractivity contribution in [1.82, 2.24) is 15.6 Å². The third-order valence-electron chi connectivity index (χ3n) is 5.85. The van der Waals surface area contributed by atoms with Gasteiger partial charge in [0.15, 0.2) is 0 Å². The zero-order valence-corrected chi connectivity index (χ0v) is 21.6. The van der Waals surface area contributed by atoms with E-state index in [0.717, 1.165) is 23.6 Å². The Balaban J connectivity index is 1.78. The molecule has 0 aliphatic rings. The van der Waals surface area contributed by atoms with Crippen LogP contribution in [0.1, 0.15) is 44.4 Å². The lowest BCUT2D eigenvalue weighted by Gasteiger charge is -2.25. The number of aliphatic hydroxyl groups is 1. The maximum atomic E-state index is 14.5. The molecular formula is C29H34F3N3O2. The van der Waals surface area contributed by atoms with Crippen LogP contribution in [0.2, 0.25) is 0 Å². The van der Waals surface area contributed by atoms with Crippen LogP contribution in [-0.2, 0) is 24.2 Å². The number of carbonyl (C=O) groups excluding carboxylic acids is 1. The maximum Gasteiger partial charge on any atom is 0.220 e. The van der Waals surface area contributed by atoms with Crippen LogP contribution in [-0.4, -0.2) is 34.7 Å². The van der Waals surface area contributed by atoms with Crippen molar-refractivity contribution in [2.75, 3.05) is 6.54 Å². The van der Waals surface area contributed by atoms with E-state index in [1.54, 1.807) is 12.1 Å². The van der Waals surface area contributed by atoms with Crippen molar-refractivity contribution in [3.8, 4) is 11.1 Å². The van der Waals surface area contributed by atoms with E-state index in [1.807, 2.05) is 18.2 Å². The van der Waals surface area contributed by atoms with Gasteiger partial charge in [-0.15, -0.1) is 0 Å². The van der Waals surface area contributed by atoms with Gasteiger partial charge in [-0.1, -0.05) is 39.0 Å². The Morgan fingerprint density at radius 2 is 1.70 bits per heavy atom. The van der Waals surface area contributed by atoms with Gasteiger partial charge in [0.2, 0.25) is 11.9 Å². The number of rotatable bonds is 10. The average Bonchev–Trinajstić information content (AvgIpc) is 2.77. The summed E-state index contributed by atoms with van der Waals surface area (Å²) >= 11 is 0. The fourth-order valence-electron chi connectivity index (χ4n) is 4.39. The number of nitrogens with one attached hydrogen (secondary N) is 2. The third-order valence-corrected chi connectivity index (χ3v) is 5.85. The molecule has 3 N–H and O–H groups in total. The molecule has 0 saturated heterocycles. The monoisotopic (exact) mass is 513 g/mol. The van der Waals surface area contributed by atoms with Gasteiger partial charge in [0.1, 0.15) is 11.6 Å². The lowest BCUT2D eigenvalue weighted by Crippen LogP contribution is -2.48. The fraction of sp³-hybridized carbons (Fsp3) is 0.379. The molecular weight excluding hydrogens is 479 g/mol. The van der Waals surface area contributed by atoms with Crippen LogP contribution in [0, 0.1) is 23.0 Å². The highest BCUT2D eigenvalue weighted by Gasteiger charge is 2.22. The molecule has 0 bridgehead atoms. The number of hydrogen-bond donors (Lipinski definition) is 3. The Morgan fingerprint density at radius 3 is 2.32 bits per heavy atom. The number of aromatic nitrogens is 1. The number of halogens is 3. The zero-order chi connectivity index (χ0) is 27.2. The third kappa shape index (κ3) is 8.68. The van der Waals surface area contributed by atoms with E-state index >= 15 is 0 Å². The minimum Gasteiger partial charge on any atom is -0.390 e. The Hall–Kier alpha value is -3.23. The van der Waals surface area contributed by atoms with Crippen molar-refractivity contribution in [2.45, 2.75) is 59.2 Å². The predicted molar refractivity (Wildman–Crippen MR) is 138 cm³/mol. The van der Waals surface area contributed by atoms with E-state index in [-0.39, 0.29) is 24.3 Å². The maximum absolute atomic E-state index is 14.5. The Labute approximate surface area is 216 Å². The zero-order valence-electron chi connectivity index (χ0n) is 21.6. The molecule has 3 rings (SSSR count). The molecule has 8 heteroatoms. The Kier molecular flexibility index (Phi) is 9.45. The number of benzene rings is 2. The van der Waals surface area contributed by atoms with Crippen LogP contribution in [0.3, 0.4) is 0 Å². The van der Waals surface area contributed by atoms with Crippen LogP contribution < -0.4 is 10.6 Å². The summed E-state index contributed by atoms with van der Waals surface area (Å²) in [6, 6.07) is 11.6. The number of hydrogen-bond acceptors (Lipinski definition) is 4. The summed E-state index contributed by atoms with van der Waals surface area (Å²) in [5.74, 6) is -2.39. The second-order valence-corrected chi connectivity index (χ2v) is 10.6. The van der Waals surface area contributed by atoms with Gasteiger partial charge >= 0.3 is 0 Å². The summed E-state index contributed by atoms with van der Waals surface area (Å²) < 4.78 is 41.8. The predicted octanol–water partition coefficient (Wildman–Crippen LogP) is 4.95. The van der Waals surface area contributed by atoms with Crippen molar-refractivity contribution in [1.29, 1.82) is 0 Å². The van der Waals surface area contributed by atoms with Gasteiger partial charge in [-0.3, -0.25) is 4.79 Å². The highest BCUT2D eigenvalue weighted by molar-refractivity contribution is 5.73. The van der Waals surface area contributed by atoms with Crippen LogP contribution in [0.5, 0.6) is 0 Å². The molecule has 3 aromatic rings. The highest BCUT2D eigenvalue weighted by atomic mass is 19.1. The molecule has 0 spiro atoms. The van der Waals surface area contributed by atoms with E-state index in [1.165, 1.54) is 25.3 Å². The van der Waals surface area contributed by atoms with Crippen molar-refractivity contribution < 1.29 is 23.1 Å². The van der Waals surface area contributed by atoms with Gasteiger partial charge in [0, 0.05) is 37.8 Å². The van der Waals surface area contributed by atoms with E-state index < -0.39 is 29.7 Å². The standard InChI is InChI=1S/C29H34F3N3O2/c1-18(36)35-26(13-20-11-22(30)14-23(31)12-20)27(37)17-33-16-21-10-19(15-29(2,3)4)7-8-24(21)25-6-5-9-34-28(25)32/h5-12,14,26-27,33,37H,13,15-17H2,1-4H3,(H,35,36). The first-order valence-corrected chi connectivity index (χ1v) is 12.2. The van der Waals surface area contributed by atoms with E-state index in [4.69, 9.17) is 0 Å². The lowest BCUT2D eigenvalue weighted by atomic mass is 9.86. The SMILES string of the molecule is CC(=O)NC(Cc1cc(F)cc(F)c1)C(O)CNCc1cc(CC(C)(C)C)ccc1-c1cccnc1F. The minimum atomic E-state index is -1.05. The van der Waals surface area contributed by atoms with Gasteiger partial charge in [-0.25, -0.2) is 13.8 Å². The molecule has 2 unspecified atom stereocenters. The van der Waals surface area contributed by atoms with Gasteiger partial charge in [0.25, 0.3) is 0 Å². The molecule has 2 aromatic carbocycles. The van der Waals surface area contributed by atoms with Crippen LogP contribution in [0.4, 0.5) is 13.2 Å². The van der Waals surface area contributed by atoms with E-state index in [9.17, 15) is 23.1 Å². The number of carbonyl (C=O) groups is 1. The van der Waals surface area contributed by atoms with Crippen molar-refractivity contribution in [3.63, 3.8) is 0 Å². The summed E-state index contributed by atoms with van der Waals surface area (Å²) in [5, 5.41) is 16.7. The normalized spacial score (nSPS) is 13.3. The number of amides is 1. The van der Waals surface area contributed by atoms with Crippen molar-refractivity contribution >= 4 is 5.91 Å². The smallest absolute Gasteiger partial charge is 0.220 e. The van der Waals surface area contributed by atoms with Crippen LogP contribution >= 0.6 is 0 Å². The van der Waals surface area contributed by atoms with E-state index in [2.05, 4.69) is 36.4 Å². The Bertz CT molecular complexity index is 1210. The number of aliphatic hydroxyl groups excluding tert-OH is 1. The molecule has 1 amide bonds. The molecule has 198 valence electrons.